The van der Waals surface area contributed by atoms with Crippen LogP contribution in [0.25, 0.3) is 0 Å². The van der Waals surface area contributed by atoms with E-state index in [-0.39, 0.29) is 5.28 Å². The number of nitrogens with zero attached hydrogens (tertiary/aromatic N) is 3. The number of hydrogen-bond acceptors (Lipinski definition) is 5. The van der Waals surface area contributed by atoms with Gasteiger partial charge in [-0.25, -0.2) is 4.98 Å². The molecule has 116 valence electrons. The van der Waals surface area contributed by atoms with Crippen molar-refractivity contribution in [3.8, 4) is 0 Å². The Morgan fingerprint density at radius 1 is 1.48 bits per heavy atom. The highest BCUT2D eigenvalue weighted by molar-refractivity contribution is 6.28. The molecule has 2 heterocycles. The lowest BCUT2D eigenvalue weighted by Crippen LogP contribution is -2.27. The van der Waals surface area contributed by atoms with Crippen molar-refractivity contribution >= 4 is 29.3 Å². The highest BCUT2D eigenvalue weighted by atomic mass is 35.5. The van der Waals surface area contributed by atoms with Gasteiger partial charge in [-0.3, -0.25) is 4.99 Å². The molecule has 2 unspecified atom stereocenters. The fraction of sp³-hybridized carbons (Fsp3) is 0.667. The Hall–Kier alpha value is -1.20. The number of aryl methyl sites for hydroxylation is 1. The minimum Gasteiger partial charge on any atom is -0.382 e. The minimum atomic E-state index is 0.158. The number of aliphatic imine (C=N–C) groups is 1. The van der Waals surface area contributed by atoms with Crippen LogP contribution in [0.2, 0.25) is 5.28 Å². The first kappa shape index (κ1) is 16.2. The van der Waals surface area contributed by atoms with Gasteiger partial charge in [-0.2, -0.15) is 4.98 Å². The third kappa shape index (κ3) is 4.38. The Morgan fingerprint density at radius 2 is 2.29 bits per heavy atom. The lowest BCUT2D eigenvalue weighted by Gasteiger charge is -2.29. The van der Waals surface area contributed by atoms with Crippen LogP contribution in [-0.2, 0) is 4.74 Å². The van der Waals surface area contributed by atoms with E-state index in [1.165, 1.54) is 12.8 Å². The van der Waals surface area contributed by atoms with Gasteiger partial charge in [0, 0.05) is 12.8 Å². The van der Waals surface area contributed by atoms with E-state index in [0.29, 0.717) is 29.2 Å². The number of nitrogens with two attached hydrogens (primary N) is 1. The standard InChI is InChI=1S/C15H23ClN4O/c1-3-11(12-6-4-5-9-21-12)7-8-18-13-10(2)19-15(16)20-14(13)17/h8,11-12H,3-7,9H2,1-2H3,(H2,17,19,20)/b18-8-. The lowest BCUT2D eigenvalue weighted by molar-refractivity contribution is -0.0198. The van der Waals surface area contributed by atoms with Crippen LogP contribution in [0.4, 0.5) is 11.5 Å². The fourth-order valence-electron chi connectivity index (χ4n) is 2.71. The van der Waals surface area contributed by atoms with E-state index in [1.54, 1.807) is 0 Å². The van der Waals surface area contributed by atoms with Crippen molar-refractivity contribution in [3.05, 3.63) is 11.0 Å². The molecule has 1 saturated heterocycles. The topological polar surface area (TPSA) is 73.4 Å². The summed E-state index contributed by atoms with van der Waals surface area (Å²) in [5, 5.41) is 0.158. The molecule has 1 aliphatic heterocycles. The zero-order chi connectivity index (χ0) is 15.2. The predicted molar refractivity (Wildman–Crippen MR) is 86.3 cm³/mol. The molecule has 0 saturated carbocycles. The van der Waals surface area contributed by atoms with E-state index >= 15 is 0 Å². The summed E-state index contributed by atoms with van der Waals surface area (Å²) < 4.78 is 5.87. The molecule has 1 aromatic rings. The van der Waals surface area contributed by atoms with Crippen LogP contribution in [0, 0.1) is 12.8 Å². The van der Waals surface area contributed by atoms with Gasteiger partial charge in [0.25, 0.3) is 0 Å². The summed E-state index contributed by atoms with van der Waals surface area (Å²) >= 11 is 5.76. The first-order valence-electron chi connectivity index (χ1n) is 7.55. The summed E-state index contributed by atoms with van der Waals surface area (Å²) in [6.07, 6.45) is 7.81. The Balaban J connectivity index is 2.00. The normalized spacial score (nSPS) is 20.8. The molecule has 0 amide bonds. The quantitative estimate of drug-likeness (QED) is 0.664. The largest absolute Gasteiger partial charge is 0.382 e. The third-order valence-electron chi connectivity index (χ3n) is 3.95. The molecular formula is C15H23ClN4O. The Labute approximate surface area is 131 Å². The molecule has 5 nitrogen and oxygen atoms in total. The Kier molecular flexibility index (Phi) is 5.94. The number of hydrogen-bond donors (Lipinski definition) is 1. The van der Waals surface area contributed by atoms with Gasteiger partial charge in [-0.05, 0) is 50.1 Å². The SMILES string of the molecule is CCC(C/C=N\c1c(C)nc(Cl)nc1N)C1CCCCO1. The van der Waals surface area contributed by atoms with E-state index in [4.69, 9.17) is 22.1 Å². The molecule has 0 aliphatic carbocycles. The molecule has 2 atom stereocenters. The molecule has 21 heavy (non-hydrogen) atoms. The second-order valence-electron chi connectivity index (χ2n) is 5.43. The van der Waals surface area contributed by atoms with Crippen molar-refractivity contribution in [3.63, 3.8) is 0 Å². The van der Waals surface area contributed by atoms with Crippen LogP contribution in [0.1, 0.15) is 44.7 Å². The number of halogens is 1. The van der Waals surface area contributed by atoms with Crippen molar-refractivity contribution in [2.75, 3.05) is 12.3 Å². The molecule has 1 aromatic heterocycles. The monoisotopic (exact) mass is 310 g/mol. The lowest BCUT2D eigenvalue weighted by atomic mass is 9.91. The van der Waals surface area contributed by atoms with Gasteiger partial charge in [-0.1, -0.05) is 13.3 Å². The highest BCUT2D eigenvalue weighted by Gasteiger charge is 2.22. The van der Waals surface area contributed by atoms with Gasteiger partial charge in [0.15, 0.2) is 5.82 Å². The van der Waals surface area contributed by atoms with E-state index in [0.717, 1.165) is 25.9 Å². The molecule has 0 spiro atoms. The van der Waals surface area contributed by atoms with Crippen LogP contribution in [-0.4, -0.2) is 28.9 Å². The number of nitrogen functional groups attached to an aromatic ring is 1. The van der Waals surface area contributed by atoms with E-state index in [9.17, 15) is 0 Å². The number of aromatic nitrogens is 2. The average Bonchev–Trinajstić information content (AvgIpc) is 2.46. The summed E-state index contributed by atoms with van der Waals surface area (Å²) in [5.74, 6) is 0.828. The van der Waals surface area contributed by atoms with Crippen LogP contribution >= 0.6 is 11.6 Å². The second-order valence-corrected chi connectivity index (χ2v) is 5.77. The maximum Gasteiger partial charge on any atom is 0.224 e. The van der Waals surface area contributed by atoms with Crippen LogP contribution in [0.5, 0.6) is 0 Å². The molecule has 2 rings (SSSR count). The van der Waals surface area contributed by atoms with Crippen molar-refractivity contribution in [2.45, 2.75) is 52.1 Å². The smallest absolute Gasteiger partial charge is 0.224 e. The van der Waals surface area contributed by atoms with Crippen molar-refractivity contribution in [1.29, 1.82) is 0 Å². The number of ether oxygens (including phenoxy) is 1. The molecule has 0 aromatic carbocycles. The first-order chi connectivity index (χ1) is 10.1. The van der Waals surface area contributed by atoms with Crippen molar-refractivity contribution in [1.82, 2.24) is 9.97 Å². The van der Waals surface area contributed by atoms with Crippen LogP contribution in [0.3, 0.4) is 0 Å². The molecule has 2 N–H and O–H groups in total. The van der Waals surface area contributed by atoms with E-state index in [2.05, 4.69) is 21.9 Å². The molecule has 0 radical (unpaired) electrons. The zero-order valence-electron chi connectivity index (χ0n) is 12.7. The fourth-order valence-corrected chi connectivity index (χ4v) is 2.93. The molecule has 1 fully saturated rings. The van der Waals surface area contributed by atoms with Crippen LogP contribution in [0.15, 0.2) is 4.99 Å². The molecule has 6 heteroatoms. The molecule has 0 bridgehead atoms. The van der Waals surface area contributed by atoms with Gasteiger partial charge in [0.05, 0.1) is 11.8 Å². The van der Waals surface area contributed by atoms with Gasteiger partial charge < -0.3 is 10.5 Å². The summed E-state index contributed by atoms with van der Waals surface area (Å²) in [4.78, 5) is 12.5. The second kappa shape index (κ2) is 7.71. The highest BCUT2D eigenvalue weighted by Crippen LogP contribution is 2.27. The number of rotatable bonds is 5. The van der Waals surface area contributed by atoms with Gasteiger partial charge in [0.1, 0.15) is 5.69 Å². The van der Waals surface area contributed by atoms with E-state index in [1.807, 2.05) is 13.1 Å². The first-order valence-corrected chi connectivity index (χ1v) is 7.93. The van der Waals surface area contributed by atoms with E-state index < -0.39 is 0 Å². The van der Waals surface area contributed by atoms with Crippen molar-refractivity contribution in [2.24, 2.45) is 10.9 Å². The average molecular weight is 311 g/mol. The summed E-state index contributed by atoms with van der Waals surface area (Å²) in [6.45, 7) is 4.91. The van der Waals surface area contributed by atoms with Gasteiger partial charge >= 0.3 is 0 Å². The Morgan fingerprint density at radius 3 is 2.90 bits per heavy atom. The van der Waals surface area contributed by atoms with Gasteiger partial charge in [0.2, 0.25) is 5.28 Å². The maximum absolute atomic E-state index is 5.87. The predicted octanol–water partition coefficient (Wildman–Crippen LogP) is 3.71. The maximum atomic E-state index is 5.87. The zero-order valence-corrected chi connectivity index (χ0v) is 13.4. The number of anilines is 1. The minimum absolute atomic E-state index is 0.158. The summed E-state index contributed by atoms with van der Waals surface area (Å²) in [6, 6.07) is 0. The Bertz CT molecular complexity index is 477. The summed E-state index contributed by atoms with van der Waals surface area (Å²) in [5.41, 5.74) is 7.15. The summed E-state index contributed by atoms with van der Waals surface area (Å²) in [7, 11) is 0. The van der Waals surface area contributed by atoms with Crippen molar-refractivity contribution < 1.29 is 4.74 Å². The molecular weight excluding hydrogens is 288 g/mol. The third-order valence-corrected chi connectivity index (χ3v) is 4.12. The van der Waals surface area contributed by atoms with Gasteiger partial charge in [-0.15, -0.1) is 0 Å². The van der Waals surface area contributed by atoms with Crippen LogP contribution < -0.4 is 5.73 Å². The molecule has 1 aliphatic rings.